The Morgan fingerprint density at radius 3 is 2.18 bits per heavy atom. The molecule has 0 spiro atoms. The van der Waals surface area contributed by atoms with E-state index in [-0.39, 0.29) is 11.9 Å². The van der Waals surface area contributed by atoms with Gasteiger partial charge < -0.3 is 4.43 Å². The molecule has 2 nitrogen and oxygen atoms in total. The van der Waals surface area contributed by atoms with Gasteiger partial charge in [0.25, 0.3) is 5.97 Å². The summed E-state index contributed by atoms with van der Waals surface area (Å²) >= 11 is 0. The SMILES string of the molecule is CCC(C)C(=O)O[Si](C)(C)C. The second kappa shape index (κ2) is 3.90. The third kappa shape index (κ3) is 5.01. The van der Waals surface area contributed by atoms with Crippen molar-refractivity contribution in [3.8, 4) is 0 Å². The van der Waals surface area contributed by atoms with E-state index in [1.807, 2.05) is 33.5 Å². The molecule has 3 heteroatoms. The molecule has 0 aromatic rings. The lowest BCUT2D eigenvalue weighted by Gasteiger charge is -2.19. The van der Waals surface area contributed by atoms with E-state index in [1.54, 1.807) is 0 Å². The van der Waals surface area contributed by atoms with Crippen LogP contribution in [0.1, 0.15) is 20.3 Å². The van der Waals surface area contributed by atoms with Gasteiger partial charge in [0.05, 0.1) is 5.92 Å². The Balaban J connectivity index is 3.88. The van der Waals surface area contributed by atoms with E-state index in [2.05, 4.69) is 0 Å². The van der Waals surface area contributed by atoms with Gasteiger partial charge in [-0.25, -0.2) is 0 Å². The molecule has 0 aliphatic heterocycles. The minimum absolute atomic E-state index is 0.0355. The normalized spacial score (nSPS) is 14.3. The summed E-state index contributed by atoms with van der Waals surface area (Å²) in [6.45, 7) is 9.96. The molecular weight excluding hydrogens is 156 g/mol. The maximum absolute atomic E-state index is 11.2. The summed E-state index contributed by atoms with van der Waals surface area (Å²) in [6.07, 6.45) is 0.864. The van der Waals surface area contributed by atoms with Crippen molar-refractivity contribution in [1.29, 1.82) is 0 Å². The molecule has 1 unspecified atom stereocenters. The van der Waals surface area contributed by atoms with Gasteiger partial charge in [0, 0.05) is 0 Å². The average Bonchev–Trinajstić information content (AvgIpc) is 1.82. The van der Waals surface area contributed by atoms with E-state index in [1.165, 1.54) is 0 Å². The van der Waals surface area contributed by atoms with E-state index in [4.69, 9.17) is 4.43 Å². The number of carbonyl (C=O) groups excluding carboxylic acids is 1. The van der Waals surface area contributed by atoms with Gasteiger partial charge >= 0.3 is 0 Å². The summed E-state index contributed by atoms with van der Waals surface area (Å²) in [4.78, 5) is 11.2. The molecule has 66 valence electrons. The lowest BCUT2D eigenvalue weighted by Crippen LogP contribution is -2.31. The van der Waals surface area contributed by atoms with Crippen molar-refractivity contribution < 1.29 is 9.22 Å². The number of rotatable bonds is 3. The molecule has 0 N–H and O–H groups in total. The lowest BCUT2D eigenvalue weighted by molar-refractivity contribution is -0.139. The fourth-order valence-electron chi connectivity index (χ4n) is 0.569. The second-order valence-electron chi connectivity index (χ2n) is 3.84. The average molecular weight is 174 g/mol. The lowest BCUT2D eigenvalue weighted by atomic mass is 10.1. The Labute approximate surface area is 70.1 Å². The minimum Gasteiger partial charge on any atom is -0.520 e. The van der Waals surface area contributed by atoms with Gasteiger partial charge in [-0.15, -0.1) is 0 Å². The first-order chi connectivity index (χ1) is 4.87. The van der Waals surface area contributed by atoms with E-state index in [0.717, 1.165) is 6.42 Å². The van der Waals surface area contributed by atoms with Gasteiger partial charge in [-0.3, -0.25) is 4.79 Å². The molecule has 0 fully saturated rings. The molecule has 0 radical (unpaired) electrons. The van der Waals surface area contributed by atoms with Gasteiger partial charge in [-0.05, 0) is 26.1 Å². The van der Waals surface area contributed by atoms with Crippen molar-refractivity contribution in [1.82, 2.24) is 0 Å². The van der Waals surface area contributed by atoms with Crippen molar-refractivity contribution in [2.75, 3.05) is 0 Å². The Bertz CT molecular complexity index is 138. The molecule has 0 rings (SSSR count). The molecule has 0 aromatic carbocycles. The Morgan fingerprint density at radius 1 is 1.45 bits per heavy atom. The summed E-state index contributed by atoms with van der Waals surface area (Å²) in [5.41, 5.74) is 0. The van der Waals surface area contributed by atoms with Crippen LogP contribution in [-0.4, -0.2) is 14.3 Å². The van der Waals surface area contributed by atoms with Crippen LogP contribution in [0.4, 0.5) is 0 Å². The van der Waals surface area contributed by atoms with Crippen molar-refractivity contribution in [2.24, 2.45) is 5.92 Å². The summed E-state index contributed by atoms with van der Waals surface area (Å²) in [6, 6.07) is 0. The Kier molecular flexibility index (Phi) is 3.79. The maximum Gasteiger partial charge on any atom is 0.295 e. The molecule has 0 saturated carbocycles. The van der Waals surface area contributed by atoms with Crippen molar-refractivity contribution in [3.63, 3.8) is 0 Å². The standard InChI is InChI=1S/C8H18O2Si/c1-6-7(2)8(9)10-11(3,4)5/h7H,6H2,1-5H3. The molecule has 11 heavy (non-hydrogen) atoms. The summed E-state index contributed by atoms with van der Waals surface area (Å²) < 4.78 is 5.29. The third-order valence-corrected chi connectivity index (χ3v) is 2.24. The van der Waals surface area contributed by atoms with Crippen molar-refractivity contribution in [3.05, 3.63) is 0 Å². The predicted octanol–water partition coefficient (Wildman–Crippen LogP) is 2.41. The topological polar surface area (TPSA) is 26.3 Å². The van der Waals surface area contributed by atoms with Gasteiger partial charge in [0.2, 0.25) is 8.32 Å². The van der Waals surface area contributed by atoms with E-state index >= 15 is 0 Å². The van der Waals surface area contributed by atoms with Crippen LogP contribution in [-0.2, 0) is 9.22 Å². The summed E-state index contributed by atoms with van der Waals surface area (Å²) in [5.74, 6) is 0.0217. The van der Waals surface area contributed by atoms with E-state index in [9.17, 15) is 4.79 Å². The fourth-order valence-corrected chi connectivity index (χ4v) is 1.37. The first-order valence-corrected chi connectivity index (χ1v) is 7.50. The number of hydrogen-bond acceptors (Lipinski definition) is 2. The van der Waals surface area contributed by atoms with Crippen LogP contribution in [0.25, 0.3) is 0 Å². The van der Waals surface area contributed by atoms with Crippen LogP contribution in [0.3, 0.4) is 0 Å². The Hall–Kier alpha value is -0.313. The quantitative estimate of drug-likeness (QED) is 0.614. The third-order valence-electron chi connectivity index (χ3n) is 1.42. The highest BCUT2D eigenvalue weighted by molar-refractivity contribution is 6.71. The highest BCUT2D eigenvalue weighted by atomic mass is 28.4. The fraction of sp³-hybridized carbons (Fsp3) is 0.875. The molecule has 0 aliphatic rings. The van der Waals surface area contributed by atoms with Crippen LogP contribution < -0.4 is 0 Å². The Morgan fingerprint density at radius 2 is 1.91 bits per heavy atom. The smallest absolute Gasteiger partial charge is 0.295 e. The molecule has 0 heterocycles. The van der Waals surface area contributed by atoms with Crippen LogP contribution in [0.15, 0.2) is 0 Å². The molecule has 0 aliphatic carbocycles. The first kappa shape index (κ1) is 10.7. The second-order valence-corrected chi connectivity index (χ2v) is 8.27. The van der Waals surface area contributed by atoms with Gasteiger partial charge in [-0.2, -0.15) is 0 Å². The summed E-state index contributed by atoms with van der Waals surface area (Å²) in [7, 11) is -1.65. The van der Waals surface area contributed by atoms with E-state index in [0.29, 0.717) is 0 Å². The maximum atomic E-state index is 11.2. The molecule has 0 bridgehead atoms. The van der Waals surface area contributed by atoms with Crippen LogP contribution in [0, 0.1) is 5.92 Å². The monoisotopic (exact) mass is 174 g/mol. The van der Waals surface area contributed by atoms with Crippen LogP contribution in [0.5, 0.6) is 0 Å². The zero-order chi connectivity index (χ0) is 9.07. The highest BCUT2D eigenvalue weighted by Crippen LogP contribution is 2.09. The molecule has 0 amide bonds. The molecule has 0 aromatic heterocycles. The molecule has 1 atom stereocenters. The van der Waals surface area contributed by atoms with Crippen LogP contribution in [0.2, 0.25) is 19.6 Å². The number of hydrogen-bond donors (Lipinski definition) is 0. The van der Waals surface area contributed by atoms with Gasteiger partial charge in [0.1, 0.15) is 0 Å². The summed E-state index contributed by atoms with van der Waals surface area (Å²) in [5, 5.41) is 0. The molecular formula is C8H18O2Si. The largest absolute Gasteiger partial charge is 0.520 e. The molecule has 0 saturated heterocycles. The van der Waals surface area contributed by atoms with E-state index < -0.39 is 8.32 Å². The van der Waals surface area contributed by atoms with Crippen molar-refractivity contribution in [2.45, 2.75) is 39.9 Å². The zero-order valence-electron chi connectivity index (χ0n) is 8.10. The van der Waals surface area contributed by atoms with Crippen molar-refractivity contribution >= 4 is 14.3 Å². The number of carbonyl (C=O) groups is 1. The first-order valence-electron chi connectivity index (χ1n) is 4.09. The van der Waals surface area contributed by atoms with Gasteiger partial charge in [0.15, 0.2) is 0 Å². The highest BCUT2D eigenvalue weighted by Gasteiger charge is 2.22. The predicted molar refractivity (Wildman–Crippen MR) is 48.9 cm³/mol. The minimum atomic E-state index is -1.65. The van der Waals surface area contributed by atoms with Gasteiger partial charge in [-0.1, -0.05) is 13.8 Å². The zero-order valence-corrected chi connectivity index (χ0v) is 9.10. The van der Waals surface area contributed by atoms with Crippen LogP contribution >= 0.6 is 0 Å².